The number of likely N-dealkylation sites (tertiary alicyclic amines) is 1. The molecule has 2 fully saturated rings. The summed E-state index contributed by atoms with van der Waals surface area (Å²) in [5.74, 6) is -0.243. The van der Waals surface area contributed by atoms with Gasteiger partial charge in [-0.3, -0.25) is 4.79 Å². The third kappa shape index (κ3) is 2.39. The molecule has 0 atom stereocenters. The minimum Gasteiger partial charge on any atom is -0.398 e. The van der Waals surface area contributed by atoms with Crippen molar-refractivity contribution in [3.63, 3.8) is 0 Å². The van der Waals surface area contributed by atoms with Crippen molar-refractivity contribution in [2.75, 3.05) is 6.54 Å². The van der Waals surface area contributed by atoms with Gasteiger partial charge in [0.15, 0.2) is 0 Å². The van der Waals surface area contributed by atoms with Crippen LogP contribution in [-0.4, -0.2) is 41.7 Å². The highest BCUT2D eigenvalue weighted by molar-refractivity contribution is 6.54. The smallest absolute Gasteiger partial charge is 0.398 e. The van der Waals surface area contributed by atoms with E-state index in [1.807, 2.05) is 41.5 Å². The lowest BCUT2D eigenvalue weighted by Crippen LogP contribution is -2.41. The monoisotopic (exact) mass is 283 g/mol. The first kappa shape index (κ1) is 15.5. The van der Waals surface area contributed by atoms with Gasteiger partial charge in [-0.1, -0.05) is 0 Å². The second-order valence-corrected chi connectivity index (χ2v) is 6.76. The number of nitrogens with zero attached hydrogens (tertiary/aromatic N) is 1. The summed E-state index contributed by atoms with van der Waals surface area (Å²) in [5.41, 5.74) is -1.59. The van der Waals surface area contributed by atoms with Crippen molar-refractivity contribution in [1.82, 2.24) is 4.90 Å². The SMILES string of the molecule is CC(C)N1CCC(=C(F)B2OC(C)(C)C(C)(C)O2)C1=O. The lowest BCUT2D eigenvalue weighted by Gasteiger charge is -2.32. The number of rotatable bonds is 2. The molecule has 0 saturated carbocycles. The van der Waals surface area contributed by atoms with Crippen LogP contribution in [0.1, 0.15) is 48.0 Å². The van der Waals surface area contributed by atoms with E-state index in [4.69, 9.17) is 9.31 Å². The van der Waals surface area contributed by atoms with Gasteiger partial charge in [-0.05, 0) is 48.0 Å². The fourth-order valence-electron chi connectivity index (χ4n) is 2.42. The summed E-state index contributed by atoms with van der Waals surface area (Å²) in [4.78, 5) is 13.9. The molecular weight excluding hydrogens is 260 g/mol. The van der Waals surface area contributed by atoms with Crippen LogP contribution in [0.25, 0.3) is 0 Å². The molecule has 112 valence electrons. The molecule has 2 rings (SSSR count). The second-order valence-electron chi connectivity index (χ2n) is 6.76. The van der Waals surface area contributed by atoms with Crippen LogP contribution in [0.5, 0.6) is 0 Å². The van der Waals surface area contributed by atoms with E-state index in [-0.39, 0.29) is 17.5 Å². The van der Waals surface area contributed by atoms with Gasteiger partial charge in [0.1, 0.15) is 5.73 Å². The summed E-state index contributed by atoms with van der Waals surface area (Å²) in [6.07, 6.45) is 0.410. The molecule has 0 aromatic rings. The molecule has 2 saturated heterocycles. The number of carbonyl (C=O) groups excluding carboxylic acids is 1. The van der Waals surface area contributed by atoms with E-state index in [2.05, 4.69) is 0 Å². The van der Waals surface area contributed by atoms with E-state index in [1.54, 1.807) is 4.90 Å². The van der Waals surface area contributed by atoms with Gasteiger partial charge in [0.25, 0.3) is 5.91 Å². The maximum atomic E-state index is 14.6. The van der Waals surface area contributed by atoms with Gasteiger partial charge in [0.05, 0.1) is 11.2 Å². The average molecular weight is 283 g/mol. The van der Waals surface area contributed by atoms with Crippen LogP contribution in [-0.2, 0) is 14.1 Å². The summed E-state index contributed by atoms with van der Waals surface area (Å²) in [7, 11) is -1.08. The van der Waals surface area contributed by atoms with Crippen molar-refractivity contribution in [3.8, 4) is 0 Å². The van der Waals surface area contributed by atoms with Crippen molar-refractivity contribution < 1.29 is 18.5 Å². The molecule has 2 heterocycles. The Labute approximate surface area is 120 Å². The van der Waals surface area contributed by atoms with Crippen LogP contribution >= 0.6 is 0 Å². The molecular formula is C14H23BFNO3. The zero-order valence-corrected chi connectivity index (χ0v) is 13.1. The lowest BCUT2D eigenvalue weighted by molar-refractivity contribution is -0.126. The summed E-state index contributed by atoms with van der Waals surface area (Å²) >= 11 is 0. The summed E-state index contributed by atoms with van der Waals surface area (Å²) in [6, 6.07) is 0.0751. The lowest BCUT2D eigenvalue weighted by atomic mass is 9.84. The van der Waals surface area contributed by atoms with E-state index in [1.165, 1.54) is 0 Å². The zero-order valence-electron chi connectivity index (χ0n) is 13.1. The summed E-state index contributed by atoms with van der Waals surface area (Å²) in [5, 5.41) is 0. The Morgan fingerprint density at radius 3 is 2.15 bits per heavy atom. The van der Waals surface area contributed by atoms with Crippen molar-refractivity contribution in [2.45, 2.75) is 65.2 Å². The standard InChI is InChI=1S/C14H23BFNO3/c1-9(2)17-8-7-10(12(17)18)11(16)15-19-13(3,4)14(5,6)20-15/h9H,7-8H2,1-6H3. The Kier molecular flexibility index (Phi) is 3.76. The van der Waals surface area contributed by atoms with Gasteiger partial charge in [-0.25, -0.2) is 4.39 Å². The first-order valence-electron chi connectivity index (χ1n) is 7.12. The van der Waals surface area contributed by atoms with E-state index in [0.29, 0.717) is 13.0 Å². The Balaban J connectivity index is 2.23. The summed E-state index contributed by atoms with van der Waals surface area (Å²) in [6.45, 7) is 11.9. The first-order chi connectivity index (χ1) is 9.07. The highest BCUT2D eigenvalue weighted by atomic mass is 19.1. The number of hydrogen-bond acceptors (Lipinski definition) is 3. The molecule has 2 aliphatic heterocycles. The topological polar surface area (TPSA) is 38.8 Å². The van der Waals surface area contributed by atoms with Crippen LogP contribution in [0.15, 0.2) is 11.3 Å². The third-order valence-corrected chi connectivity index (χ3v) is 4.49. The van der Waals surface area contributed by atoms with Gasteiger partial charge >= 0.3 is 7.12 Å². The Morgan fingerprint density at radius 2 is 1.75 bits per heavy atom. The van der Waals surface area contributed by atoms with E-state index >= 15 is 0 Å². The highest BCUT2D eigenvalue weighted by Gasteiger charge is 2.54. The molecule has 0 aliphatic carbocycles. The molecule has 6 heteroatoms. The number of hydrogen-bond donors (Lipinski definition) is 0. The highest BCUT2D eigenvalue weighted by Crippen LogP contribution is 2.40. The van der Waals surface area contributed by atoms with E-state index in [9.17, 15) is 9.18 Å². The van der Waals surface area contributed by atoms with Crippen LogP contribution in [0, 0.1) is 0 Å². The molecule has 1 amide bonds. The predicted molar refractivity (Wildman–Crippen MR) is 75.7 cm³/mol. The molecule has 0 aromatic heterocycles. The van der Waals surface area contributed by atoms with Crippen molar-refractivity contribution in [1.29, 1.82) is 0 Å². The Hall–Kier alpha value is -0.875. The van der Waals surface area contributed by atoms with E-state index < -0.39 is 24.0 Å². The molecule has 0 N–H and O–H groups in total. The van der Waals surface area contributed by atoms with Gasteiger partial charge in [-0.2, -0.15) is 0 Å². The third-order valence-electron chi connectivity index (χ3n) is 4.49. The predicted octanol–water partition coefficient (Wildman–Crippen LogP) is 2.48. The quantitative estimate of drug-likeness (QED) is 0.577. The summed E-state index contributed by atoms with van der Waals surface area (Å²) < 4.78 is 25.9. The van der Waals surface area contributed by atoms with Crippen LogP contribution < -0.4 is 0 Å². The average Bonchev–Trinajstić information content (AvgIpc) is 2.77. The molecule has 0 radical (unpaired) electrons. The molecule has 0 spiro atoms. The minimum absolute atomic E-state index is 0.0751. The maximum Gasteiger partial charge on any atom is 0.525 e. The van der Waals surface area contributed by atoms with Gasteiger partial charge in [-0.15, -0.1) is 0 Å². The molecule has 0 aromatic carbocycles. The van der Waals surface area contributed by atoms with Crippen LogP contribution in [0.4, 0.5) is 4.39 Å². The molecule has 0 unspecified atom stereocenters. The van der Waals surface area contributed by atoms with Crippen LogP contribution in [0.2, 0.25) is 0 Å². The van der Waals surface area contributed by atoms with Gasteiger partial charge < -0.3 is 14.2 Å². The second kappa shape index (κ2) is 4.84. The van der Waals surface area contributed by atoms with Crippen molar-refractivity contribution >= 4 is 13.0 Å². The normalized spacial score (nSPS) is 27.7. The number of halogens is 1. The Bertz CT molecular complexity index is 443. The van der Waals surface area contributed by atoms with Crippen LogP contribution in [0.3, 0.4) is 0 Å². The number of carbonyl (C=O) groups is 1. The van der Waals surface area contributed by atoms with Crippen molar-refractivity contribution in [3.05, 3.63) is 11.3 Å². The molecule has 0 bridgehead atoms. The van der Waals surface area contributed by atoms with Gasteiger partial charge in [0.2, 0.25) is 0 Å². The van der Waals surface area contributed by atoms with E-state index in [0.717, 1.165) is 0 Å². The largest absolute Gasteiger partial charge is 0.525 e. The molecule has 20 heavy (non-hydrogen) atoms. The maximum absolute atomic E-state index is 14.6. The Morgan fingerprint density at radius 1 is 1.25 bits per heavy atom. The molecule has 2 aliphatic rings. The fraction of sp³-hybridized carbons (Fsp3) is 0.786. The zero-order chi connectivity index (χ0) is 15.3. The first-order valence-corrected chi connectivity index (χ1v) is 7.12. The molecule has 4 nitrogen and oxygen atoms in total. The number of amides is 1. The fourth-order valence-corrected chi connectivity index (χ4v) is 2.42. The minimum atomic E-state index is -1.08. The van der Waals surface area contributed by atoms with Crippen molar-refractivity contribution in [2.24, 2.45) is 0 Å². The van der Waals surface area contributed by atoms with Gasteiger partial charge in [0, 0.05) is 18.2 Å².